The van der Waals surface area contributed by atoms with Crippen molar-refractivity contribution in [2.45, 2.75) is 29.9 Å². The highest BCUT2D eigenvalue weighted by Crippen LogP contribution is 2.64. The first kappa shape index (κ1) is 18.3. The molecule has 0 amide bonds. The molecule has 2 bridgehead atoms. The zero-order valence-electron chi connectivity index (χ0n) is 16.3. The molecule has 0 fully saturated rings. The Hall–Kier alpha value is -2.48. The summed E-state index contributed by atoms with van der Waals surface area (Å²) in [5.41, 5.74) is 2.40. The van der Waals surface area contributed by atoms with E-state index in [1.54, 1.807) is 30.5 Å². The average molecular weight is 481 g/mol. The maximum absolute atomic E-state index is 13.9. The molecule has 30 heavy (non-hydrogen) atoms. The van der Waals surface area contributed by atoms with Crippen LogP contribution in [0.3, 0.4) is 0 Å². The first-order valence-corrected chi connectivity index (χ1v) is 11.8. The molecule has 0 radical (unpaired) electrons. The Morgan fingerprint density at radius 1 is 0.933 bits per heavy atom. The van der Waals surface area contributed by atoms with Crippen LogP contribution in [0.4, 0.5) is 0 Å². The predicted octanol–water partition coefficient (Wildman–Crippen LogP) is 4.91. The van der Waals surface area contributed by atoms with E-state index in [2.05, 4.69) is 20.9 Å². The van der Waals surface area contributed by atoms with Crippen LogP contribution in [-0.4, -0.2) is 17.4 Å². The number of rotatable bonds is 2. The summed E-state index contributed by atoms with van der Waals surface area (Å²) in [6.07, 6.45) is 1.75. The second-order valence-electron chi connectivity index (χ2n) is 8.02. The summed E-state index contributed by atoms with van der Waals surface area (Å²) >= 11 is 3.57. The van der Waals surface area contributed by atoms with E-state index in [4.69, 9.17) is 4.74 Å². The van der Waals surface area contributed by atoms with Gasteiger partial charge in [0.15, 0.2) is 0 Å². The van der Waals surface area contributed by atoms with Gasteiger partial charge in [0.25, 0.3) is 10.0 Å². The molecule has 0 saturated heterocycles. The van der Waals surface area contributed by atoms with Crippen LogP contribution in [0.25, 0.3) is 10.9 Å². The number of ether oxygens (including phenoxy) is 1. The molecule has 6 rings (SSSR count). The van der Waals surface area contributed by atoms with E-state index in [0.29, 0.717) is 15.8 Å². The minimum atomic E-state index is -3.85. The normalized spacial score (nSPS) is 24.2. The van der Waals surface area contributed by atoms with Gasteiger partial charge in [-0.15, -0.1) is 0 Å². The van der Waals surface area contributed by atoms with Crippen molar-refractivity contribution in [1.82, 2.24) is 8.96 Å². The number of hydrogen-bond acceptors (Lipinski definition) is 4. The molecule has 4 aromatic rings. The van der Waals surface area contributed by atoms with Crippen LogP contribution < -0.4 is 0 Å². The molecule has 5 nitrogen and oxygen atoms in total. The third-order valence-electron chi connectivity index (χ3n) is 6.35. The Bertz CT molecular complexity index is 1480. The average Bonchev–Trinajstić information content (AvgIpc) is 3.30. The molecule has 0 spiro atoms. The summed E-state index contributed by atoms with van der Waals surface area (Å²) in [4.78, 5) is 4.65. The van der Waals surface area contributed by atoms with E-state index < -0.39 is 21.2 Å². The lowest BCUT2D eigenvalue weighted by Crippen LogP contribution is -2.28. The molecule has 2 aromatic heterocycles. The van der Waals surface area contributed by atoms with Crippen LogP contribution in [0.15, 0.2) is 76.4 Å². The Morgan fingerprint density at radius 3 is 2.40 bits per heavy atom. The van der Waals surface area contributed by atoms with Crippen LogP contribution >= 0.6 is 15.9 Å². The van der Waals surface area contributed by atoms with Gasteiger partial charge < -0.3 is 4.74 Å². The maximum Gasteiger partial charge on any atom is 0.268 e. The Balaban J connectivity index is 1.80. The summed E-state index contributed by atoms with van der Waals surface area (Å²) in [7, 11) is -3.85. The van der Waals surface area contributed by atoms with Crippen molar-refractivity contribution < 1.29 is 13.2 Å². The fourth-order valence-electron chi connectivity index (χ4n) is 5.23. The van der Waals surface area contributed by atoms with Gasteiger partial charge in [-0.1, -0.05) is 36.4 Å². The number of nitrogens with zero attached hydrogens (tertiary/aromatic N) is 2. The van der Waals surface area contributed by atoms with E-state index in [1.165, 1.54) is 3.97 Å². The highest BCUT2D eigenvalue weighted by molar-refractivity contribution is 9.10. The van der Waals surface area contributed by atoms with Gasteiger partial charge in [0.05, 0.1) is 16.1 Å². The maximum atomic E-state index is 13.9. The zero-order chi connectivity index (χ0) is 20.9. The van der Waals surface area contributed by atoms with Crippen molar-refractivity contribution in [2.75, 3.05) is 0 Å². The summed E-state index contributed by atoms with van der Waals surface area (Å²) in [5, 5.41) is 0.886. The van der Waals surface area contributed by atoms with Crippen LogP contribution in [0, 0.1) is 0 Å². The van der Waals surface area contributed by atoms with Crippen molar-refractivity contribution >= 4 is 36.9 Å². The third kappa shape index (κ3) is 1.96. The largest absolute Gasteiger partial charge is 0.348 e. The number of fused-ring (bicyclic) bond motifs is 10. The number of benzene rings is 2. The van der Waals surface area contributed by atoms with E-state index in [-0.39, 0.29) is 4.90 Å². The van der Waals surface area contributed by atoms with E-state index >= 15 is 0 Å². The minimum Gasteiger partial charge on any atom is -0.348 e. The molecule has 2 aliphatic heterocycles. The summed E-state index contributed by atoms with van der Waals surface area (Å²) < 4.78 is 36.5. The van der Waals surface area contributed by atoms with Gasteiger partial charge in [-0.3, -0.25) is 0 Å². The van der Waals surface area contributed by atoms with Crippen molar-refractivity contribution in [2.24, 2.45) is 0 Å². The second-order valence-corrected chi connectivity index (χ2v) is 10.6. The fraction of sp³-hybridized carbons (Fsp3) is 0.174. The predicted molar refractivity (Wildman–Crippen MR) is 117 cm³/mol. The Kier molecular flexibility index (Phi) is 3.42. The SMILES string of the molecule is CC12OC(C)(c3c1ccnc3Br)c1c2c2ccccc2n1S(=O)(=O)c1ccccc1. The highest BCUT2D eigenvalue weighted by atomic mass is 79.9. The first-order valence-electron chi connectivity index (χ1n) is 9.61. The van der Waals surface area contributed by atoms with Gasteiger partial charge in [0, 0.05) is 22.7 Å². The van der Waals surface area contributed by atoms with Crippen molar-refractivity contribution in [3.8, 4) is 0 Å². The number of halogens is 1. The smallest absolute Gasteiger partial charge is 0.268 e. The van der Waals surface area contributed by atoms with Gasteiger partial charge in [-0.25, -0.2) is 17.4 Å². The summed E-state index contributed by atoms with van der Waals surface area (Å²) in [6.45, 7) is 3.95. The first-order chi connectivity index (χ1) is 14.3. The van der Waals surface area contributed by atoms with Gasteiger partial charge in [-0.2, -0.15) is 0 Å². The van der Waals surface area contributed by atoms with Gasteiger partial charge in [0.2, 0.25) is 0 Å². The lowest BCUT2D eigenvalue weighted by molar-refractivity contribution is -0.0532. The molecule has 0 aliphatic carbocycles. The fourth-order valence-corrected chi connectivity index (χ4v) is 7.57. The molecular formula is C23H17BrN2O3S. The quantitative estimate of drug-likeness (QED) is 0.382. The van der Waals surface area contributed by atoms with E-state index in [9.17, 15) is 8.42 Å². The molecule has 2 unspecified atom stereocenters. The van der Waals surface area contributed by atoms with E-state index in [0.717, 1.165) is 22.1 Å². The van der Waals surface area contributed by atoms with Gasteiger partial charge in [-0.05, 0) is 59.6 Å². The van der Waals surface area contributed by atoms with Crippen molar-refractivity contribution in [3.63, 3.8) is 0 Å². The molecular weight excluding hydrogens is 464 g/mol. The monoisotopic (exact) mass is 480 g/mol. The lowest BCUT2D eigenvalue weighted by Gasteiger charge is -2.26. The number of para-hydroxylation sites is 1. The Labute approximate surface area is 182 Å². The summed E-state index contributed by atoms with van der Waals surface area (Å²) in [5.74, 6) is 0. The molecule has 4 heterocycles. The molecule has 2 aromatic carbocycles. The molecule has 0 saturated carbocycles. The standard InChI is InChI=1S/C23H17BrN2O3S/c1-22-16-12-13-25-21(24)19(16)23(2,29-22)20-18(22)15-10-6-7-11-17(15)26(20)30(27,28)14-8-4-3-5-9-14/h3-13H,1-2H3. The molecule has 0 N–H and O–H groups in total. The lowest BCUT2D eigenvalue weighted by atomic mass is 9.77. The van der Waals surface area contributed by atoms with Crippen LogP contribution in [0.1, 0.15) is 36.2 Å². The van der Waals surface area contributed by atoms with Crippen LogP contribution in [-0.2, 0) is 26.0 Å². The molecule has 150 valence electrons. The topological polar surface area (TPSA) is 61.2 Å². The van der Waals surface area contributed by atoms with Crippen molar-refractivity contribution in [1.29, 1.82) is 0 Å². The van der Waals surface area contributed by atoms with E-state index in [1.807, 2.05) is 50.2 Å². The van der Waals surface area contributed by atoms with Gasteiger partial charge >= 0.3 is 0 Å². The number of hydrogen-bond donors (Lipinski definition) is 0. The molecule has 7 heteroatoms. The van der Waals surface area contributed by atoms with Crippen LogP contribution in [0.2, 0.25) is 0 Å². The number of aromatic nitrogens is 2. The second kappa shape index (κ2) is 5.60. The highest BCUT2D eigenvalue weighted by Gasteiger charge is 2.63. The van der Waals surface area contributed by atoms with Gasteiger partial charge in [0.1, 0.15) is 15.8 Å². The van der Waals surface area contributed by atoms with Crippen LogP contribution in [0.5, 0.6) is 0 Å². The number of pyridine rings is 1. The molecule has 2 atom stereocenters. The summed E-state index contributed by atoms with van der Waals surface area (Å²) in [6, 6.07) is 18.1. The third-order valence-corrected chi connectivity index (χ3v) is 8.68. The Morgan fingerprint density at radius 2 is 1.63 bits per heavy atom. The zero-order valence-corrected chi connectivity index (χ0v) is 18.7. The molecule has 2 aliphatic rings. The van der Waals surface area contributed by atoms with Crippen molar-refractivity contribution in [3.05, 3.63) is 93.8 Å². The minimum absolute atomic E-state index is 0.246.